The van der Waals surface area contributed by atoms with Crippen LogP contribution in [0.2, 0.25) is 0 Å². The molecule has 0 aliphatic heterocycles. The third-order valence-electron chi connectivity index (χ3n) is 3.37. The fraction of sp³-hybridized carbons (Fsp3) is 0.562. The molecule has 0 unspecified atom stereocenters. The Morgan fingerprint density at radius 3 is 3.05 bits per heavy atom. The van der Waals surface area contributed by atoms with Gasteiger partial charge in [0.2, 0.25) is 0 Å². The van der Waals surface area contributed by atoms with Crippen LogP contribution in [-0.2, 0) is 4.74 Å². The highest BCUT2D eigenvalue weighted by Crippen LogP contribution is 2.20. The van der Waals surface area contributed by atoms with E-state index in [4.69, 9.17) is 9.84 Å². The molecule has 2 N–H and O–H groups in total. The zero-order valence-corrected chi connectivity index (χ0v) is 12.9. The van der Waals surface area contributed by atoms with E-state index in [0.717, 1.165) is 18.4 Å². The molecule has 0 atom stereocenters. The zero-order valence-electron chi connectivity index (χ0n) is 12.1. The van der Waals surface area contributed by atoms with Crippen molar-refractivity contribution in [1.82, 2.24) is 5.32 Å². The molecule has 1 aliphatic carbocycles. The summed E-state index contributed by atoms with van der Waals surface area (Å²) < 4.78 is 5.71. The van der Waals surface area contributed by atoms with E-state index >= 15 is 0 Å². The maximum atomic E-state index is 12.1. The van der Waals surface area contributed by atoms with Crippen molar-refractivity contribution < 1.29 is 14.6 Å². The van der Waals surface area contributed by atoms with Gasteiger partial charge in [0, 0.05) is 18.5 Å². The van der Waals surface area contributed by atoms with Crippen molar-refractivity contribution in [3.05, 3.63) is 21.9 Å². The van der Waals surface area contributed by atoms with Crippen LogP contribution < -0.4 is 5.32 Å². The Balaban J connectivity index is 1.75. The Kier molecular flexibility index (Phi) is 6.74. The molecule has 0 aromatic carbocycles. The Morgan fingerprint density at radius 1 is 1.48 bits per heavy atom. The molecule has 0 saturated heterocycles. The molecular weight excluding hydrogens is 286 g/mol. The predicted octanol–water partition coefficient (Wildman–Crippen LogP) is 2.17. The minimum Gasteiger partial charge on any atom is -0.395 e. The van der Waals surface area contributed by atoms with E-state index in [-0.39, 0.29) is 12.5 Å². The summed E-state index contributed by atoms with van der Waals surface area (Å²) in [6, 6.07) is 1.83. The lowest BCUT2D eigenvalue weighted by molar-refractivity contribution is 0.0582. The van der Waals surface area contributed by atoms with Crippen molar-refractivity contribution in [2.24, 2.45) is 0 Å². The van der Waals surface area contributed by atoms with Crippen molar-refractivity contribution in [3.63, 3.8) is 0 Å². The van der Waals surface area contributed by atoms with Crippen molar-refractivity contribution in [2.75, 3.05) is 19.8 Å². The molecule has 1 fully saturated rings. The lowest BCUT2D eigenvalue weighted by Crippen LogP contribution is -2.28. The first-order valence-electron chi connectivity index (χ1n) is 7.38. The largest absolute Gasteiger partial charge is 0.395 e. The second-order valence-electron chi connectivity index (χ2n) is 4.97. The number of rotatable bonds is 6. The number of carbonyl (C=O) groups excluding carboxylic acids is 1. The Bertz CT molecular complexity index is 509. The van der Waals surface area contributed by atoms with Gasteiger partial charge in [0.25, 0.3) is 5.91 Å². The van der Waals surface area contributed by atoms with Crippen LogP contribution in [0.1, 0.15) is 47.3 Å². The smallest absolute Gasteiger partial charge is 0.262 e. The number of hydrogen-bond acceptors (Lipinski definition) is 4. The van der Waals surface area contributed by atoms with Gasteiger partial charge in [0.15, 0.2) is 0 Å². The van der Waals surface area contributed by atoms with Crippen LogP contribution in [0.25, 0.3) is 0 Å². The Hall–Kier alpha value is -1.35. The lowest BCUT2D eigenvalue weighted by atomic mass is 10.2. The molecule has 1 aromatic rings. The summed E-state index contributed by atoms with van der Waals surface area (Å²) in [5, 5.41) is 13.4. The van der Waals surface area contributed by atoms with E-state index < -0.39 is 0 Å². The van der Waals surface area contributed by atoms with E-state index in [9.17, 15) is 4.79 Å². The molecule has 1 amide bonds. The number of nitrogens with one attached hydrogen (secondary N) is 1. The number of hydrogen-bond donors (Lipinski definition) is 2. The van der Waals surface area contributed by atoms with Gasteiger partial charge in [-0.05, 0) is 24.3 Å². The van der Waals surface area contributed by atoms with Crippen LogP contribution in [0.3, 0.4) is 0 Å². The van der Waals surface area contributed by atoms with Crippen molar-refractivity contribution >= 4 is 17.2 Å². The van der Waals surface area contributed by atoms with Gasteiger partial charge in [0.05, 0.1) is 19.3 Å². The van der Waals surface area contributed by atoms with E-state index in [1.54, 1.807) is 0 Å². The molecule has 21 heavy (non-hydrogen) atoms. The van der Waals surface area contributed by atoms with E-state index in [2.05, 4.69) is 17.2 Å². The molecule has 1 aromatic heterocycles. The summed E-state index contributed by atoms with van der Waals surface area (Å²) in [6.45, 7) is 1.13. The molecule has 114 valence electrons. The third-order valence-corrected chi connectivity index (χ3v) is 4.29. The van der Waals surface area contributed by atoms with Gasteiger partial charge in [-0.15, -0.1) is 11.3 Å². The SMILES string of the molecule is O=C(NCCOC1CCCC1)c1sccc1C#CCCO. The maximum absolute atomic E-state index is 12.1. The molecule has 0 bridgehead atoms. The molecule has 4 nitrogen and oxygen atoms in total. The summed E-state index contributed by atoms with van der Waals surface area (Å²) in [6.07, 6.45) is 5.59. The Labute approximate surface area is 129 Å². The monoisotopic (exact) mass is 307 g/mol. The standard InChI is InChI=1S/C16H21NO3S/c18-10-4-3-5-13-8-12-21-15(13)16(19)17-9-11-20-14-6-1-2-7-14/h8,12,14,18H,1-2,4,6-7,9-11H2,(H,17,19). The number of ether oxygens (including phenoxy) is 1. The fourth-order valence-electron chi connectivity index (χ4n) is 2.32. The van der Waals surface area contributed by atoms with E-state index in [1.165, 1.54) is 24.2 Å². The molecule has 1 aliphatic rings. The van der Waals surface area contributed by atoms with E-state index in [1.807, 2.05) is 11.4 Å². The Morgan fingerprint density at radius 2 is 2.29 bits per heavy atom. The van der Waals surface area contributed by atoms with Crippen LogP contribution in [0.4, 0.5) is 0 Å². The molecule has 1 heterocycles. The van der Waals surface area contributed by atoms with Crippen LogP contribution in [0, 0.1) is 11.8 Å². The highest BCUT2D eigenvalue weighted by Gasteiger charge is 2.15. The van der Waals surface area contributed by atoms with Gasteiger partial charge in [-0.3, -0.25) is 4.79 Å². The van der Waals surface area contributed by atoms with Crippen molar-refractivity contribution in [1.29, 1.82) is 0 Å². The highest BCUT2D eigenvalue weighted by molar-refractivity contribution is 7.12. The molecule has 0 radical (unpaired) electrons. The second kappa shape index (κ2) is 8.83. The van der Waals surface area contributed by atoms with Gasteiger partial charge < -0.3 is 15.2 Å². The topological polar surface area (TPSA) is 58.6 Å². The number of aliphatic hydroxyl groups excluding tert-OH is 1. The average molecular weight is 307 g/mol. The number of thiophene rings is 1. The van der Waals surface area contributed by atoms with Crippen LogP contribution in [-0.4, -0.2) is 36.9 Å². The highest BCUT2D eigenvalue weighted by atomic mass is 32.1. The summed E-state index contributed by atoms with van der Waals surface area (Å²) in [5.74, 6) is 5.65. The lowest BCUT2D eigenvalue weighted by Gasteiger charge is -2.11. The summed E-state index contributed by atoms with van der Waals surface area (Å²) in [5.41, 5.74) is 0.725. The first-order valence-corrected chi connectivity index (χ1v) is 8.26. The first kappa shape index (κ1) is 16.0. The summed E-state index contributed by atoms with van der Waals surface area (Å²) in [4.78, 5) is 12.7. The minimum absolute atomic E-state index is 0.0389. The number of aliphatic hydroxyl groups is 1. The van der Waals surface area contributed by atoms with E-state index in [0.29, 0.717) is 30.6 Å². The molecule has 1 saturated carbocycles. The molecular formula is C16H21NO3S. The quantitative estimate of drug-likeness (QED) is 0.625. The fourth-order valence-corrected chi connectivity index (χ4v) is 3.09. The normalized spacial score (nSPS) is 14.7. The van der Waals surface area contributed by atoms with Gasteiger partial charge in [-0.2, -0.15) is 0 Å². The zero-order chi connectivity index (χ0) is 14.9. The molecule has 2 rings (SSSR count). The van der Waals surface area contributed by atoms with Gasteiger partial charge >= 0.3 is 0 Å². The van der Waals surface area contributed by atoms with Crippen LogP contribution in [0.15, 0.2) is 11.4 Å². The minimum atomic E-state index is -0.103. The number of carbonyl (C=O) groups is 1. The summed E-state index contributed by atoms with van der Waals surface area (Å²) in [7, 11) is 0. The number of amides is 1. The van der Waals surface area contributed by atoms with Crippen LogP contribution in [0.5, 0.6) is 0 Å². The van der Waals surface area contributed by atoms with Gasteiger partial charge in [-0.1, -0.05) is 24.7 Å². The van der Waals surface area contributed by atoms with Gasteiger partial charge in [-0.25, -0.2) is 0 Å². The summed E-state index contributed by atoms with van der Waals surface area (Å²) >= 11 is 1.38. The van der Waals surface area contributed by atoms with Gasteiger partial charge in [0.1, 0.15) is 4.88 Å². The maximum Gasteiger partial charge on any atom is 0.262 e. The van der Waals surface area contributed by atoms with Crippen molar-refractivity contribution in [2.45, 2.75) is 38.2 Å². The van der Waals surface area contributed by atoms with Crippen molar-refractivity contribution in [3.8, 4) is 11.8 Å². The third kappa shape index (κ3) is 5.16. The predicted molar refractivity (Wildman–Crippen MR) is 83.4 cm³/mol. The molecule has 0 spiro atoms. The molecule has 5 heteroatoms. The van der Waals surface area contributed by atoms with Crippen LogP contribution >= 0.6 is 11.3 Å². The average Bonchev–Trinajstić information content (AvgIpc) is 3.15. The second-order valence-corrected chi connectivity index (χ2v) is 5.89. The first-order chi connectivity index (χ1) is 10.3.